The lowest BCUT2D eigenvalue weighted by atomic mass is 9.91. The quantitative estimate of drug-likeness (QED) is 0.170. The first-order chi connectivity index (χ1) is 27.3. The van der Waals surface area contributed by atoms with Gasteiger partial charge in [-0.05, 0) is 69.9 Å². The third-order valence-electron chi connectivity index (χ3n) is 10.9. The second-order valence-electron chi connectivity index (χ2n) is 14.0. The monoisotopic (exact) mass is 719 g/mol. The molecule has 0 spiro atoms. The molecule has 258 valence electrons. The summed E-state index contributed by atoms with van der Waals surface area (Å²) in [6.45, 7) is 0. The topological polar surface area (TPSA) is 16.4 Å². The Morgan fingerprint density at radius 1 is 0.364 bits per heavy atom. The highest BCUT2D eigenvalue weighted by Crippen LogP contribution is 2.51. The summed E-state index contributed by atoms with van der Waals surface area (Å²) in [5.41, 5.74) is 12.0. The predicted octanol–water partition coefficient (Wildman–Crippen LogP) is 15.6. The van der Waals surface area contributed by atoms with Gasteiger partial charge in [0.2, 0.25) is 0 Å². The number of nitrogens with zero attached hydrogens (tertiary/aromatic N) is 1. The molecule has 0 unspecified atom stereocenters. The normalized spacial score (nSPS) is 11.6. The van der Waals surface area contributed by atoms with Crippen molar-refractivity contribution in [3.05, 3.63) is 200 Å². The molecule has 0 saturated heterocycles. The molecular weight excluding hydrogens is 687 g/mol. The zero-order chi connectivity index (χ0) is 36.3. The van der Waals surface area contributed by atoms with Gasteiger partial charge in [0.1, 0.15) is 11.2 Å². The summed E-state index contributed by atoms with van der Waals surface area (Å²) in [5, 5.41) is 7.22. The Labute approximate surface area is 322 Å². The van der Waals surface area contributed by atoms with E-state index in [1.165, 1.54) is 47.6 Å². The molecule has 0 aliphatic heterocycles. The Hall–Kier alpha value is -6.94. The number of rotatable bonds is 6. The van der Waals surface area contributed by atoms with E-state index in [1.54, 1.807) is 0 Å². The highest BCUT2D eigenvalue weighted by molar-refractivity contribution is 7.26. The van der Waals surface area contributed by atoms with E-state index in [0.29, 0.717) is 0 Å². The van der Waals surface area contributed by atoms with Crippen LogP contribution in [0.4, 0.5) is 17.1 Å². The molecule has 11 rings (SSSR count). The van der Waals surface area contributed by atoms with Crippen LogP contribution in [0.25, 0.3) is 86.3 Å². The molecule has 0 radical (unpaired) electrons. The summed E-state index contributed by atoms with van der Waals surface area (Å²) >= 11 is 1.85. The fourth-order valence-electron chi connectivity index (χ4n) is 8.41. The van der Waals surface area contributed by atoms with Crippen molar-refractivity contribution >= 4 is 81.3 Å². The van der Waals surface area contributed by atoms with Gasteiger partial charge in [0.05, 0.1) is 17.1 Å². The van der Waals surface area contributed by atoms with E-state index in [4.69, 9.17) is 4.42 Å². The summed E-state index contributed by atoms with van der Waals surface area (Å²) in [6, 6.07) is 72.3. The summed E-state index contributed by atoms with van der Waals surface area (Å²) in [6.07, 6.45) is 0. The molecular formula is C52H33NOS. The van der Waals surface area contributed by atoms with Crippen LogP contribution < -0.4 is 4.90 Å². The van der Waals surface area contributed by atoms with E-state index >= 15 is 0 Å². The Bertz CT molecular complexity index is 3240. The maximum absolute atomic E-state index is 6.67. The van der Waals surface area contributed by atoms with Gasteiger partial charge < -0.3 is 9.32 Å². The number of fused-ring (bicyclic) bond motifs is 7. The number of thiophene rings is 1. The lowest BCUT2D eigenvalue weighted by Gasteiger charge is -2.31. The van der Waals surface area contributed by atoms with Crippen molar-refractivity contribution in [3.8, 4) is 33.4 Å². The number of hydrogen-bond acceptors (Lipinski definition) is 3. The Morgan fingerprint density at radius 3 is 1.76 bits per heavy atom. The summed E-state index contributed by atoms with van der Waals surface area (Å²) in [4.78, 5) is 2.49. The highest BCUT2D eigenvalue weighted by atomic mass is 32.1. The van der Waals surface area contributed by atoms with Crippen LogP contribution in [0.3, 0.4) is 0 Å². The first kappa shape index (κ1) is 31.6. The van der Waals surface area contributed by atoms with Gasteiger partial charge in [-0.2, -0.15) is 0 Å². The average molecular weight is 720 g/mol. The summed E-state index contributed by atoms with van der Waals surface area (Å²) in [5.74, 6) is 0. The molecule has 2 nitrogen and oxygen atoms in total. The van der Waals surface area contributed by atoms with Crippen LogP contribution in [-0.2, 0) is 0 Å². The van der Waals surface area contributed by atoms with Crippen molar-refractivity contribution in [2.75, 3.05) is 4.90 Å². The standard InChI is InChI=1S/C52H33NOS/c1-2-16-35-33-36(32-31-34(35)15-1)37-17-3-4-18-38(37)39-19-5-9-25-45(39)53(47-27-14-30-50-51(47)44-22-8-12-29-49(44)55-50)46-26-10-6-20-40(46)42-23-13-24-43-41-21-7-11-28-48(41)54-52(42)43/h1-33H. The molecule has 0 N–H and O–H groups in total. The number of furan rings is 1. The summed E-state index contributed by atoms with van der Waals surface area (Å²) < 4.78 is 9.21. The van der Waals surface area contributed by atoms with Crippen molar-refractivity contribution in [1.82, 2.24) is 0 Å². The first-order valence-electron chi connectivity index (χ1n) is 18.7. The van der Waals surface area contributed by atoms with E-state index < -0.39 is 0 Å². The Morgan fingerprint density at radius 2 is 0.927 bits per heavy atom. The average Bonchev–Trinajstić information content (AvgIpc) is 3.83. The minimum absolute atomic E-state index is 0.893. The van der Waals surface area contributed by atoms with Gasteiger partial charge in [0.15, 0.2) is 0 Å². The molecule has 0 aliphatic rings. The first-order valence-corrected chi connectivity index (χ1v) is 19.5. The van der Waals surface area contributed by atoms with Gasteiger partial charge in [0.25, 0.3) is 0 Å². The molecule has 0 atom stereocenters. The van der Waals surface area contributed by atoms with E-state index in [0.717, 1.165) is 55.7 Å². The molecule has 55 heavy (non-hydrogen) atoms. The second-order valence-corrected chi connectivity index (χ2v) is 15.1. The maximum Gasteiger partial charge on any atom is 0.143 e. The fraction of sp³-hybridized carbons (Fsp3) is 0. The SMILES string of the molecule is c1ccc(-c2ccccc2N(c2ccccc2-c2cccc3c2oc2ccccc23)c2cccc3sc4ccccc4c23)c(-c2ccc3ccccc3c2)c1. The molecule has 0 fully saturated rings. The molecule has 0 amide bonds. The Kier molecular flexibility index (Phi) is 7.39. The fourth-order valence-corrected chi connectivity index (χ4v) is 9.54. The minimum atomic E-state index is 0.893. The molecule has 0 bridgehead atoms. The van der Waals surface area contributed by atoms with E-state index in [2.05, 4.69) is 199 Å². The minimum Gasteiger partial charge on any atom is -0.455 e. The van der Waals surface area contributed by atoms with Crippen LogP contribution in [0.15, 0.2) is 205 Å². The van der Waals surface area contributed by atoms with Gasteiger partial charge in [-0.25, -0.2) is 0 Å². The second kappa shape index (κ2) is 12.9. The van der Waals surface area contributed by atoms with Crippen molar-refractivity contribution in [2.24, 2.45) is 0 Å². The van der Waals surface area contributed by atoms with Crippen molar-refractivity contribution in [3.63, 3.8) is 0 Å². The zero-order valence-electron chi connectivity index (χ0n) is 29.8. The molecule has 3 heteroatoms. The highest BCUT2D eigenvalue weighted by Gasteiger charge is 2.25. The van der Waals surface area contributed by atoms with Crippen LogP contribution in [0.5, 0.6) is 0 Å². The maximum atomic E-state index is 6.67. The van der Waals surface area contributed by atoms with E-state index in [1.807, 2.05) is 17.4 Å². The van der Waals surface area contributed by atoms with Crippen LogP contribution >= 0.6 is 11.3 Å². The predicted molar refractivity (Wildman–Crippen MR) is 235 cm³/mol. The largest absolute Gasteiger partial charge is 0.455 e. The molecule has 2 heterocycles. The van der Waals surface area contributed by atoms with Crippen molar-refractivity contribution in [2.45, 2.75) is 0 Å². The number of para-hydroxylation sites is 4. The van der Waals surface area contributed by atoms with Gasteiger partial charge in [0, 0.05) is 47.6 Å². The molecule has 9 aromatic carbocycles. The smallest absolute Gasteiger partial charge is 0.143 e. The van der Waals surface area contributed by atoms with Crippen LogP contribution in [-0.4, -0.2) is 0 Å². The third-order valence-corrected chi connectivity index (χ3v) is 12.0. The van der Waals surface area contributed by atoms with Crippen LogP contribution in [0.2, 0.25) is 0 Å². The molecule has 0 saturated carbocycles. The van der Waals surface area contributed by atoms with Gasteiger partial charge >= 0.3 is 0 Å². The lowest BCUT2D eigenvalue weighted by molar-refractivity contribution is 0.670. The van der Waals surface area contributed by atoms with E-state index in [-0.39, 0.29) is 0 Å². The summed E-state index contributed by atoms with van der Waals surface area (Å²) in [7, 11) is 0. The van der Waals surface area contributed by atoms with Gasteiger partial charge in [-0.3, -0.25) is 0 Å². The molecule has 11 aromatic rings. The number of hydrogen-bond donors (Lipinski definition) is 0. The van der Waals surface area contributed by atoms with Crippen LogP contribution in [0, 0.1) is 0 Å². The third kappa shape index (κ3) is 5.16. The lowest BCUT2D eigenvalue weighted by Crippen LogP contribution is -2.13. The van der Waals surface area contributed by atoms with Crippen molar-refractivity contribution in [1.29, 1.82) is 0 Å². The Balaban J connectivity index is 1.21. The zero-order valence-corrected chi connectivity index (χ0v) is 30.6. The van der Waals surface area contributed by atoms with Crippen molar-refractivity contribution < 1.29 is 4.42 Å². The number of anilines is 3. The molecule has 0 aliphatic carbocycles. The number of benzene rings is 9. The van der Waals surface area contributed by atoms with Gasteiger partial charge in [-0.1, -0.05) is 158 Å². The van der Waals surface area contributed by atoms with E-state index in [9.17, 15) is 0 Å². The van der Waals surface area contributed by atoms with Gasteiger partial charge in [-0.15, -0.1) is 11.3 Å². The molecule has 2 aromatic heterocycles. The van der Waals surface area contributed by atoms with Crippen LogP contribution in [0.1, 0.15) is 0 Å².